The lowest BCUT2D eigenvalue weighted by Crippen LogP contribution is -2.03. The maximum absolute atomic E-state index is 9.73. The molecule has 0 heterocycles. The van der Waals surface area contributed by atoms with Crippen molar-refractivity contribution >= 4 is 5.97 Å². The third-order valence-electron chi connectivity index (χ3n) is 0.883. The van der Waals surface area contributed by atoms with Gasteiger partial charge in [0, 0.05) is 6.08 Å². The van der Waals surface area contributed by atoms with Crippen molar-refractivity contribution < 1.29 is 24.9 Å². The lowest BCUT2D eigenvalue weighted by molar-refractivity contribution is -0.131. The maximum Gasteiger partial charge on any atom is 0.328 e. The first-order valence-corrected chi connectivity index (χ1v) is 4.21. The number of aliphatic carboxylic acids is 1. The van der Waals surface area contributed by atoms with E-state index in [1.54, 1.807) is 13.8 Å². The smallest absolute Gasteiger partial charge is 0.328 e. The van der Waals surface area contributed by atoms with Gasteiger partial charge in [-0.25, -0.2) is 4.79 Å². The van der Waals surface area contributed by atoms with E-state index in [2.05, 4.69) is 4.74 Å². The monoisotopic (exact) mass is 206 g/mol. The molecule has 0 aliphatic heterocycles. The van der Waals surface area contributed by atoms with Gasteiger partial charge in [0.2, 0.25) is 0 Å². The normalized spacial score (nSPS) is 8.57. The van der Waals surface area contributed by atoms with Gasteiger partial charge in [-0.1, -0.05) is 5.57 Å². The van der Waals surface area contributed by atoms with E-state index >= 15 is 0 Å². The third-order valence-corrected chi connectivity index (χ3v) is 0.883. The van der Waals surface area contributed by atoms with E-state index in [9.17, 15) is 4.79 Å². The summed E-state index contributed by atoms with van der Waals surface area (Å²) in [6.45, 7) is 4.18. The van der Waals surface area contributed by atoms with Crippen molar-refractivity contribution in [3.05, 3.63) is 11.6 Å². The number of aliphatic hydroxyl groups excluding tert-OH is 2. The minimum atomic E-state index is -0.875. The summed E-state index contributed by atoms with van der Waals surface area (Å²) >= 11 is 0. The van der Waals surface area contributed by atoms with Crippen LogP contribution in [0.15, 0.2) is 11.6 Å². The molecule has 0 atom stereocenters. The van der Waals surface area contributed by atoms with Crippen LogP contribution < -0.4 is 0 Å². The molecular formula is C9H18O5. The van der Waals surface area contributed by atoms with Gasteiger partial charge in [-0.2, -0.15) is 0 Å². The number of carboxylic acids is 1. The zero-order chi connectivity index (χ0) is 11.4. The topological polar surface area (TPSA) is 87.0 Å². The average Bonchev–Trinajstić information content (AvgIpc) is 2.04. The van der Waals surface area contributed by atoms with E-state index < -0.39 is 5.97 Å². The molecule has 0 unspecified atom stereocenters. The predicted octanol–water partition coefficient (Wildman–Crippen LogP) is 0.0248. The van der Waals surface area contributed by atoms with Crippen molar-refractivity contribution in [3.8, 4) is 0 Å². The van der Waals surface area contributed by atoms with Gasteiger partial charge in [0.15, 0.2) is 0 Å². The molecular weight excluding hydrogens is 188 g/mol. The summed E-state index contributed by atoms with van der Waals surface area (Å²) in [6, 6.07) is 0. The van der Waals surface area contributed by atoms with E-state index in [0.717, 1.165) is 5.57 Å². The van der Waals surface area contributed by atoms with Crippen LogP contribution in [0.4, 0.5) is 0 Å². The Morgan fingerprint density at radius 2 is 1.64 bits per heavy atom. The average molecular weight is 206 g/mol. The highest BCUT2D eigenvalue weighted by Gasteiger charge is 1.83. The zero-order valence-corrected chi connectivity index (χ0v) is 8.56. The summed E-state index contributed by atoms with van der Waals surface area (Å²) < 4.78 is 4.63. The molecule has 0 amide bonds. The summed E-state index contributed by atoms with van der Waals surface area (Å²) in [7, 11) is 0. The van der Waals surface area contributed by atoms with Gasteiger partial charge in [-0.3, -0.25) is 0 Å². The summed E-state index contributed by atoms with van der Waals surface area (Å²) in [5.41, 5.74) is 0.813. The van der Waals surface area contributed by atoms with Crippen LogP contribution in [-0.2, 0) is 9.53 Å². The second-order valence-electron chi connectivity index (χ2n) is 2.62. The lowest BCUT2D eigenvalue weighted by Gasteiger charge is -1.94. The first-order valence-electron chi connectivity index (χ1n) is 4.21. The van der Waals surface area contributed by atoms with Gasteiger partial charge in [-0.15, -0.1) is 0 Å². The molecule has 0 bridgehead atoms. The van der Waals surface area contributed by atoms with Crippen molar-refractivity contribution in [3.63, 3.8) is 0 Å². The number of carboxylic acid groups (broad SMARTS) is 1. The molecule has 0 spiro atoms. The van der Waals surface area contributed by atoms with Gasteiger partial charge >= 0.3 is 5.97 Å². The van der Waals surface area contributed by atoms with Crippen LogP contribution in [-0.4, -0.2) is 47.7 Å². The highest BCUT2D eigenvalue weighted by molar-refractivity contribution is 5.80. The Kier molecular flexibility index (Phi) is 13.4. The molecule has 0 aromatic carbocycles. The Labute approximate surface area is 83.6 Å². The maximum atomic E-state index is 9.73. The molecule has 0 aromatic heterocycles. The fourth-order valence-corrected chi connectivity index (χ4v) is 0.478. The van der Waals surface area contributed by atoms with Crippen molar-refractivity contribution in [2.24, 2.45) is 0 Å². The molecule has 5 heteroatoms. The second kappa shape index (κ2) is 12.1. The number of ether oxygens (including phenoxy) is 1. The van der Waals surface area contributed by atoms with Crippen molar-refractivity contribution in [1.29, 1.82) is 0 Å². The second-order valence-corrected chi connectivity index (χ2v) is 2.62. The van der Waals surface area contributed by atoms with Gasteiger partial charge in [0.1, 0.15) is 0 Å². The molecule has 0 rings (SSSR count). The van der Waals surface area contributed by atoms with Crippen LogP contribution in [0.2, 0.25) is 0 Å². The highest BCUT2D eigenvalue weighted by Crippen LogP contribution is 1.85. The zero-order valence-electron chi connectivity index (χ0n) is 8.56. The van der Waals surface area contributed by atoms with E-state index in [4.69, 9.17) is 15.3 Å². The van der Waals surface area contributed by atoms with Crippen LogP contribution >= 0.6 is 0 Å². The molecule has 0 aliphatic carbocycles. The molecule has 3 N–H and O–H groups in total. The molecule has 84 valence electrons. The lowest BCUT2D eigenvalue weighted by atomic mass is 10.3. The largest absolute Gasteiger partial charge is 0.478 e. The number of aliphatic hydroxyl groups is 2. The predicted molar refractivity (Wildman–Crippen MR) is 52.1 cm³/mol. The van der Waals surface area contributed by atoms with Crippen LogP contribution in [0.5, 0.6) is 0 Å². The Morgan fingerprint density at radius 1 is 1.21 bits per heavy atom. The summed E-state index contributed by atoms with van der Waals surface area (Å²) in [4.78, 5) is 9.73. The fourth-order valence-electron chi connectivity index (χ4n) is 0.478. The van der Waals surface area contributed by atoms with Gasteiger partial charge in [0.05, 0.1) is 26.4 Å². The van der Waals surface area contributed by atoms with Crippen LogP contribution in [0.25, 0.3) is 0 Å². The third kappa shape index (κ3) is 22.5. The Bertz CT molecular complexity index is 157. The minimum Gasteiger partial charge on any atom is -0.478 e. The quantitative estimate of drug-likeness (QED) is 0.436. The summed E-state index contributed by atoms with van der Waals surface area (Å²) in [6.07, 6.45) is 1.17. The van der Waals surface area contributed by atoms with Crippen molar-refractivity contribution in [1.82, 2.24) is 0 Å². The number of carbonyl (C=O) groups is 1. The Hall–Kier alpha value is -0.910. The van der Waals surface area contributed by atoms with E-state index in [0.29, 0.717) is 13.2 Å². The van der Waals surface area contributed by atoms with Gasteiger partial charge < -0.3 is 20.1 Å². The Balaban J connectivity index is 0. The fraction of sp³-hybridized carbons (Fsp3) is 0.667. The van der Waals surface area contributed by atoms with Crippen LogP contribution in [0.3, 0.4) is 0 Å². The van der Waals surface area contributed by atoms with Crippen LogP contribution in [0, 0.1) is 0 Å². The molecule has 0 saturated carbocycles. The molecule has 0 radical (unpaired) electrons. The van der Waals surface area contributed by atoms with Crippen molar-refractivity contribution in [2.45, 2.75) is 13.8 Å². The van der Waals surface area contributed by atoms with E-state index in [1.165, 1.54) is 6.08 Å². The van der Waals surface area contributed by atoms with Crippen LogP contribution in [0.1, 0.15) is 13.8 Å². The molecule has 0 fully saturated rings. The molecule has 0 aliphatic rings. The van der Waals surface area contributed by atoms with Crippen molar-refractivity contribution in [2.75, 3.05) is 26.4 Å². The minimum absolute atomic E-state index is 0.0278. The molecule has 5 nitrogen and oxygen atoms in total. The highest BCUT2D eigenvalue weighted by atomic mass is 16.5. The molecule has 0 aromatic rings. The summed E-state index contributed by atoms with van der Waals surface area (Å²) in [5.74, 6) is -0.875. The standard InChI is InChI=1S/C5H8O2.C4H10O3/c1-4(2)3-5(6)7;5-1-3-7-4-2-6/h3H,1-2H3,(H,6,7);5-6H,1-4H2. The Morgan fingerprint density at radius 3 is 1.79 bits per heavy atom. The van der Waals surface area contributed by atoms with Gasteiger partial charge in [0.25, 0.3) is 0 Å². The number of rotatable bonds is 5. The summed E-state index contributed by atoms with van der Waals surface area (Å²) in [5, 5.41) is 24.2. The molecule has 0 saturated heterocycles. The van der Waals surface area contributed by atoms with E-state index in [-0.39, 0.29) is 13.2 Å². The number of allylic oxidation sites excluding steroid dienone is 1. The van der Waals surface area contributed by atoms with E-state index in [1.807, 2.05) is 0 Å². The van der Waals surface area contributed by atoms with Gasteiger partial charge in [-0.05, 0) is 13.8 Å². The molecule has 14 heavy (non-hydrogen) atoms. The SMILES string of the molecule is CC(C)=CC(=O)O.OCCOCCO. The number of hydrogen-bond donors (Lipinski definition) is 3. The first kappa shape index (κ1) is 15.6. The number of hydrogen-bond acceptors (Lipinski definition) is 4. The first-order chi connectivity index (χ1) is 6.54.